The van der Waals surface area contributed by atoms with Crippen molar-refractivity contribution >= 4 is 25.8 Å². The van der Waals surface area contributed by atoms with Crippen molar-refractivity contribution in [1.29, 1.82) is 0 Å². The summed E-state index contributed by atoms with van der Waals surface area (Å²) in [7, 11) is -3.39. The van der Waals surface area contributed by atoms with Gasteiger partial charge < -0.3 is 9.73 Å². The lowest BCUT2D eigenvalue weighted by atomic mass is 10.4. The molecule has 21 heavy (non-hydrogen) atoms. The van der Waals surface area contributed by atoms with Gasteiger partial charge in [-0.25, -0.2) is 8.42 Å². The van der Waals surface area contributed by atoms with Crippen molar-refractivity contribution < 1.29 is 12.8 Å². The van der Waals surface area contributed by atoms with E-state index in [2.05, 4.69) is 21.2 Å². The highest BCUT2D eigenvalue weighted by Crippen LogP contribution is 2.22. The number of nitrogens with one attached hydrogen (secondary N) is 1. The molecule has 0 saturated heterocycles. The molecule has 0 bridgehead atoms. The van der Waals surface area contributed by atoms with Gasteiger partial charge in [0, 0.05) is 10.5 Å². The molecule has 0 atom stereocenters. The van der Waals surface area contributed by atoms with Gasteiger partial charge in [-0.2, -0.15) is 0 Å². The standard InChI is InChI=1S/C15H16BrNO3S/c16-11-2-1-3-15(8-11)21(18,19)10-14-7-6-13(20-14)9-17-12-4-5-12/h1-3,6-8,12,17H,4-5,9-10H2. The molecule has 112 valence electrons. The van der Waals surface area contributed by atoms with Crippen LogP contribution in [0.15, 0.2) is 50.2 Å². The second-order valence-electron chi connectivity index (χ2n) is 5.24. The van der Waals surface area contributed by atoms with E-state index in [0.717, 1.165) is 10.2 Å². The average molecular weight is 370 g/mol. The first kappa shape index (κ1) is 14.8. The zero-order valence-electron chi connectivity index (χ0n) is 11.4. The molecule has 0 unspecified atom stereocenters. The molecule has 0 radical (unpaired) electrons. The zero-order chi connectivity index (χ0) is 14.9. The van der Waals surface area contributed by atoms with E-state index in [4.69, 9.17) is 4.42 Å². The van der Waals surface area contributed by atoms with Gasteiger partial charge in [0.05, 0.1) is 11.4 Å². The fourth-order valence-electron chi connectivity index (χ4n) is 2.06. The Kier molecular flexibility index (Phi) is 4.19. The van der Waals surface area contributed by atoms with E-state index in [1.54, 1.807) is 30.3 Å². The molecule has 1 heterocycles. The highest BCUT2D eigenvalue weighted by Gasteiger charge is 2.21. The zero-order valence-corrected chi connectivity index (χ0v) is 13.8. The molecular weight excluding hydrogens is 354 g/mol. The molecule has 6 heteroatoms. The van der Waals surface area contributed by atoms with Crippen molar-refractivity contribution in [1.82, 2.24) is 5.32 Å². The number of rotatable bonds is 6. The van der Waals surface area contributed by atoms with Gasteiger partial charge >= 0.3 is 0 Å². The third kappa shape index (κ3) is 3.96. The molecule has 0 amide bonds. The van der Waals surface area contributed by atoms with E-state index in [-0.39, 0.29) is 5.75 Å². The van der Waals surface area contributed by atoms with Gasteiger partial charge in [-0.15, -0.1) is 0 Å². The van der Waals surface area contributed by atoms with E-state index >= 15 is 0 Å². The van der Waals surface area contributed by atoms with Crippen molar-refractivity contribution in [3.8, 4) is 0 Å². The molecule has 1 saturated carbocycles. The minimum absolute atomic E-state index is 0.118. The number of benzene rings is 1. The second-order valence-corrected chi connectivity index (χ2v) is 8.14. The van der Waals surface area contributed by atoms with Crippen LogP contribution >= 0.6 is 15.9 Å². The minimum Gasteiger partial charge on any atom is -0.464 e. The van der Waals surface area contributed by atoms with Crippen LogP contribution in [-0.2, 0) is 22.1 Å². The topological polar surface area (TPSA) is 59.3 Å². The molecule has 0 spiro atoms. The Bertz CT molecular complexity index is 735. The third-order valence-electron chi connectivity index (χ3n) is 3.35. The summed E-state index contributed by atoms with van der Waals surface area (Å²) in [6.45, 7) is 0.654. The molecule has 1 aliphatic rings. The SMILES string of the molecule is O=S(=O)(Cc1ccc(CNC2CC2)o1)c1cccc(Br)c1. The highest BCUT2D eigenvalue weighted by molar-refractivity contribution is 9.10. The highest BCUT2D eigenvalue weighted by atomic mass is 79.9. The lowest BCUT2D eigenvalue weighted by Crippen LogP contribution is -2.14. The molecular formula is C15H16BrNO3S. The molecule has 4 nitrogen and oxygen atoms in total. The van der Waals surface area contributed by atoms with Crippen molar-refractivity contribution in [2.24, 2.45) is 0 Å². The van der Waals surface area contributed by atoms with Gasteiger partial charge in [0.15, 0.2) is 9.84 Å². The van der Waals surface area contributed by atoms with Crippen LogP contribution in [0.5, 0.6) is 0 Å². The number of hydrogen-bond donors (Lipinski definition) is 1. The van der Waals surface area contributed by atoms with Crippen LogP contribution in [0, 0.1) is 0 Å². The van der Waals surface area contributed by atoms with Gasteiger partial charge in [-0.3, -0.25) is 0 Å². The Hall–Kier alpha value is -1.11. The van der Waals surface area contributed by atoms with Crippen LogP contribution in [0.3, 0.4) is 0 Å². The van der Waals surface area contributed by atoms with E-state index in [0.29, 0.717) is 23.2 Å². The van der Waals surface area contributed by atoms with Crippen molar-refractivity contribution in [2.45, 2.75) is 36.1 Å². The van der Waals surface area contributed by atoms with Gasteiger partial charge in [-0.1, -0.05) is 22.0 Å². The maximum atomic E-state index is 12.3. The fraction of sp³-hybridized carbons (Fsp3) is 0.333. The second kappa shape index (κ2) is 5.94. The fourth-order valence-corrected chi connectivity index (χ4v) is 3.90. The number of hydrogen-bond acceptors (Lipinski definition) is 4. The summed E-state index contributed by atoms with van der Waals surface area (Å²) in [6.07, 6.45) is 2.43. The van der Waals surface area contributed by atoms with E-state index in [1.165, 1.54) is 12.8 Å². The van der Waals surface area contributed by atoms with E-state index in [9.17, 15) is 8.42 Å². The summed E-state index contributed by atoms with van der Waals surface area (Å²) in [5.41, 5.74) is 0. The molecule has 2 aromatic rings. The minimum atomic E-state index is -3.39. The Morgan fingerprint density at radius 2 is 1.95 bits per heavy atom. The summed E-state index contributed by atoms with van der Waals surface area (Å²) in [6, 6.07) is 10.9. The molecule has 1 aromatic carbocycles. The molecule has 0 aliphatic heterocycles. The third-order valence-corrected chi connectivity index (χ3v) is 5.48. The van der Waals surface area contributed by atoms with Crippen molar-refractivity contribution in [3.63, 3.8) is 0 Å². The number of sulfone groups is 1. The maximum absolute atomic E-state index is 12.3. The van der Waals surface area contributed by atoms with Crippen LogP contribution in [0.4, 0.5) is 0 Å². The van der Waals surface area contributed by atoms with Crippen molar-refractivity contribution in [3.05, 3.63) is 52.4 Å². The summed E-state index contributed by atoms with van der Waals surface area (Å²) in [5, 5.41) is 3.34. The van der Waals surface area contributed by atoms with Gasteiger partial charge in [0.2, 0.25) is 0 Å². The summed E-state index contributed by atoms with van der Waals surface area (Å²) in [5.74, 6) is 1.14. The van der Waals surface area contributed by atoms with Crippen LogP contribution in [0.2, 0.25) is 0 Å². The lowest BCUT2D eigenvalue weighted by molar-refractivity contribution is 0.455. The molecule has 1 N–H and O–H groups in total. The lowest BCUT2D eigenvalue weighted by Gasteiger charge is -2.03. The normalized spacial score (nSPS) is 15.3. The Morgan fingerprint density at radius 1 is 1.19 bits per heavy atom. The summed E-state index contributed by atoms with van der Waals surface area (Å²) < 4.78 is 31.0. The number of furan rings is 1. The quantitative estimate of drug-likeness (QED) is 0.848. The largest absolute Gasteiger partial charge is 0.464 e. The van der Waals surface area contributed by atoms with Crippen LogP contribution in [0.25, 0.3) is 0 Å². The van der Waals surface area contributed by atoms with Gasteiger partial charge in [0.1, 0.15) is 17.3 Å². The Morgan fingerprint density at radius 3 is 2.67 bits per heavy atom. The van der Waals surface area contributed by atoms with Gasteiger partial charge in [0.25, 0.3) is 0 Å². The first-order chi connectivity index (χ1) is 10.0. The van der Waals surface area contributed by atoms with Crippen LogP contribution < -0.4 is 5.32 Å². The monoisotopic (exact) mass is 369 g/mol. The first-order valence-corrected chi connectivity index (χ1v) is 9.27. The molecule has 1 aliphatic carbocycles. The van der Waals surface area contributed by atoms with Crippen LogP contribution in [-0.4, -0.2) is 14.5 Å². The summed E-state index contributed by atoms with van der Waals surface area (Å²) >= 11 is 3.29. The smallest absolute Gasteiger partial charge is 0.185 e. The molecule has 1 aromatic heterocycles. The molecule has 1 fully saturated rings. The Labute approximate surface area is 132 Å². The maximum Gasteiger partial charge on any atom is 0.185 e. The van der Waals surface area contributed by atoms with E-state index in [1.807, 2.05) is 6.07 Å². The first-order valence-electron chi connectivity index (χ1n) is 6.82. The Balaban J connectivity index is 1.69. The molecule has 3 rings (SSSR count). The van der Waals surface area contributed by atoms with Gasteiger partial charge in [-0.05, 0) is 43.2 Å². The van der Waals surface area contributed by atoms with E-state index < -0.39 is 9.84 Å². The average Bonchev–Trinajstić information content (AvgIpc) is 3.17. The summed E-state index contributed by atoms with van der Waals surface area (Å²) in [4.78, 5) is 0.297. The van der Waals surface area contributed by atoms with Crippen LogP contribution in [0.1, 0.15) is 24.4 Å². The predicted octanol–water partition coefficient (Wildman–Crippen LogP) is 3.27. The predicted molar refractivity (Wildman–Crippen MR) is 83.6 cm³/mol. The number of halogens is 1. The van der Waals surface area contributed by atoms with Crippen molar-refractivity contribution in [2.75, 3.05) is 0 Å².